The second-order valence-electron chi connectivity index (χ2n) is 6.98. The fourth-order valence-electron chi connectivity index (χ4n) is 3.72. The molecule has 1 amide bonds. The van der Waals surface area contributed by atoms with Crippen LogP contribution in [0, 0.1) is 11.8 Å². The molecule has 0 bridgehead atoms. The molecule has 3 saturated heterocycles. The van der Waals surface area contributed by atoms with E-state index in [1.54, 1.807) is 12.2 Å². The SMILES string of the molecule is COCCN1CC[C@H]2OCC[C@@H](C(=O)N3CCCO3)[C@@H]2C1.O=C(O)C(F)(F)F. The van der Waals surface area contributed by atoms with Crippen LogP contribution in [-0.4, -0.2) is 92.3 Å². The molecule has 1 N–H and O–H groups in total. The van der Waals surface area contributed by atoms with E-state index < -0.39 is 12.1 Å². The number of piperidine rings is 1. The maximum absolute atomic E-state index is 12.7. The van der Waals surface area contributed by atoms with Crippen LogP contribution in [0.4, 0.5) is 13.2 Å². The summed E-state index contributed by atoms with van der Waals surface area (Å²) in [5, 5.41) is 8.71. The zero-order valence-electron chi connectivity index (χ0n) is 15.8. The van der Waals surface area contributed by atoms with Gasteiger partial charge in [0, 0.05) is 45.2 Å². The number of hydroxylamine groups is 2. The van der Waals surface area contributed by atoms with Crippen molar-refractivity contribution in [1.29, 1.82) is 0 Å². The number of halogens is 3. The lowest BCUT2D eigenvalue weighted by Crippen LogP contribution is -2.54. The van der Waals surface area contributed by atoms with Crippen LogP contribution in [-0.2, 0) is 23.9 Å². The number of methoxy groups -OCH3 is 1. The van der Waals surface area contributed by atoms with Gasteiger partial charge in [0.1, 0.15) is 0 Å². The van der Waals surface area contributed by atoms with E-state index in [9.17, 15) is 18.0 Å². The van der Waals surface area contributed by atoms with Gasteiger partial charge in [-0.15, -0.1) is 0 Å². The maximum Gasteiger partial charge on any atom is 0.490 e. The first-order valence-electron chi connectivity index (χ1n) is 9.31. The summed E-state index contributed by atoms with van der Waals surface area (Å²) in [6.07, 6.45) is -2.07. The monoisotopic (exact) mass is 412 g/mol. The summed E-state index contributed by atoms with van der Waals surface area (Å²) in [4.78, 5) is 29.4. The first-order valence-corrected chi connectivity index (χ1v) is 9.31. The first-order chi connectivity index (χ1) is 13.2. The molecule has 0 aromatic carbocycles. The Kier molecular flexibility index (Phi) is 8.47. The molecule has 3 aliphatic heterocycles. The zero-order valence-corrected chi connectivity index (χ0v) is 15.8. The van der Waals surface area contributed by atoms with Crippen molar-refractivity contribution in [1.82, 2.24) is 9.96 Å². The summed E-state index contributed by atoms with van der Waals surface area (Å²) < 4.78 is 42.8. The minimum atomic E-state index is -5.08. The fourth-order valence-corrected chi connectivity index (χ4v) is 3.72. The van der Waals surface area contributed by atoms with Crippen molar-refractivity contribution >= 4 is 11.9 Å². The molecule has 0 aromatic rings. The Bertz CT molecular complexity index is 528. The largest absolute Gasteiger partial charge is 0.490 e. The second-order valence-corrected chi connectivity index (χ2v) is 6.98. The van der Waals surface area contributed by atoms with Crippen molar-refractivity contribution in [2.75, 3.05) is 53.1 Å². The number of amides is 1. The molecule has 8 nitrogen and oxygen atoms in total. The predicted octanol–water partition coefficient (Wildman–Crippen LogP) is 1.16. The van der Waals surface area contributed by atoms with Crippen LogP contribution in [0.2, 0.25) is 0 Å². The van der Waals surface area contributed by atoms with Crippen LogP contribution < -0.4 is 0 Å². The van der Waals surface area contributed by atoms with Gasteiger partial charge >= 0.3 is 12.1 Å². The van der Waals surface area contributed by atoms with Gasteiger partial charge in [-0.05, 0) is 19.3 Å². The Morgan fingerprint density at radius 1 is 1.21 bits per heavy atom. The van der Waals surface area contributed by atoms with Crippen molar-refractivity contribution in [3.8, 4) is 0 Å². The quantitative estimate of drug-likeness (QED) is 0.741. The molecule has 0 aliphatic carbocycles. The number of likely N-dealkylation sites (tertiary alicyclic amines) is 1. The molecule has 0 radical (unpaired) electrons. The number of hydrogen-bond donors (Lipinski definition) is 1. The third-order valence-electron chi connectivity index (χ3n) is 5.12. The van der Waals surface area contributed by atoms with E-state index >= 15 is 0 Å². The van der Waals surface area contributed by atoms with E-state index in [2.05, 4.69) is 4.90 Å². The average Bonchev–Trinajstić information content (AvgIpc) is 3.19. The molecule has 11 heteroatoms. The summed E-state index contributed by atoms with van der Waals surface area (Å²) in [5.74, 6) is -2.25. The van der Waals surface area contributed by atoms with Crippen LogP contribution in [0.3, 0.4) is 0 Å². The minimum absolute atomic E-state index is 0.0483. The Hall–Kier alpha value is -1.43. The van der Waals surface area contributed by atoms with Gasteiger partial charge in [-0.25, -0.2) is 9.86 Å². The highest BCUT2D eigenvalue weighted by Gasteiger charge is 2.43. The lowest BCUT2D eigenvalue weighted by molar-refractivity contribution is -0.192. The molecule has 3 rings (SSSR count). The minimum Gasteiger partial charge on any atom is -0.475 e. The molecular formula is C17H27F3N2O6. The van der Waals surface area contributed by atoms with Crippen LogP contribution in [0.15, 0.2) is 0 Å². The van der Waals surface area contributed by atoms with Crippen LogP contribution >= 0.6 is 0 Å². The van der Waals surface area contributed by atoms with Crippen molar-refractivity contribution < 1.29 is 42.2 Å². The van der Waals surface area contributed by atoms with Crippen molar-refractivity contribution in [2.45, 2.75) is 31.5 Å². The predicted molar refractivity (Wildman–Crippen MR) is 90.2 cm³/mol. The second kappa shape index (κ2) is 10.4. The lowest BCUT2D eigenvalue weighted by atomic mass is 9.79. The summed E-state index contributed by atoms with van der Waals surface area (Å²) in [5.41, 5.74) is 0. The number of fused-ring (bicyclic) bond motifs is 1. The van der Waals surface area contributed by atoms with Crippen LogP contribution in [0.1, 0.15) is 19.3 Å². The number of carbonyl (C=O) groups excluding carboxylic acids is 1. The maximum atomic E-state index is 12.7. The first kappa shape index (κ1) is 22.9. The van der Waals surface area contributed by atoms with E-state index in [-0.39, 0.29) is 17.9 Å². The normalized spacial score (nSPS) is 28.3. The lowest BCUT2D eigenvalue weighted by Gasteiger charge is -2.45. The molecule has 0 saturated carbocycles. The van der Waals surface area contributed by atoms with Crippen molar-refractivity contribution in [3.05, 3.63) is 0 Å². The van der Waals surface area contributed by atoms with Gasteiger partial charge in [-0.3, -0.25) is 9.63 Å². The summed E-state index contributed by atoms with van der Waals surface area (Å²) in [7, 11) is 1.73. The van der Waals surface area contributed by atoms with Gasteiger partial charge in [0.05, 0.1) is 25.9 Å². The number of carbonyl (C=O) groups is 2. The number of carboxylic acids is 1. The number of nitrogens with zero attached hydrogens (tertiary/aromatic N) is 2. The van der Waals surface area contributed by atoms with Gasteiger partial charge in [-0.2, -0.15) is 13.2 Å². The van der Waals surface area contributed by atoms with Crippen molar-refractivity contribution in [2.24, 2.45) is 11.8 Å². The molecular weight excluding hydrogens is 385 g/mol. The Labute approximate surface area is 161 Å². The van der Waals surface area contributed by atoms with E-state index in [1.807, 2.05) is 0 Å². The molecule has 3 fully saturated rings. The topological polar surface area (TPSA) is 88.5 Å². The van der Waals surface area contributed by atoms with Gasteiger partial charge in [0.25, 0.3) is 0 Å². The molecule has 3 atom stereocenters. The fraction of sp³-hybridized carbons (Fsp3) is 0.882. The molecule has 3 heterocycles. The van der Waals surface area contributed by atoms with E-state index in [0.717, 1.165) is 52.0 Å². The highest BCUT2D eigenvalue weighted by atomic mass is 19.4. The number of alkyl halides is 3. The molecule has 3 aliphatic rings. The highest BCUT2D eigenvalue weighted by molar-refractivity contribution is 5.78. The van der Waals surface area contributed by atoms with Gasteiger partial charge < -0.3 is 19.5 Å². The van der Waals surface area contributed by atoms with Crippen molar-refractivity contribution in [3.63, 3.8) is 0 Å². The standard InChI is InChI=1S/C15H26N2O4.C2HF3O2/c1-19-10-7-16-6-3-14-13(11-16)12(4-9-20-14)15(18)17-5-2-8-21-17;3-2(4,5)1(6)7/h12-14H,2-11H2,1H3;(H,6,7)/t12-,13+,14-;/m1./s1. The smallest absolute Gasteiger partial charge is 0.475 e. The van der Waals surface area contributed by atoms with Gasteiger partial charge in [0.2, 0.25) is 5.91 Å². The number of carboxylic acid groups (broad SMARTS) is 1. The molecule has 0 aromatic heterocycles. The van der Waals surface area contributed by atoms with E-state index in [0.29, 0.717) is 19.1 Å². The van der Waals surface area contributed by atoms with E-state index in [4.69, 9.17) is 24.2 Å². The van der Waals surface area contributed by atoms with Gasteiger partial charge in [-0.1, -0.05) is 0 Å². The van der Waals surface area contributed by atoms with Crippen LogP contribution in [0.25, 0.3) is 0 Å². The van der Waals surface area contributed by atoms with Crippen LogP contribution in [0.5, 0.6) is 0 Å². The molecule has 28 heavy (non-hydrogen) atoms. The summed E-state index contributed by atoms with van der Waals surface area (Å²) >= 11 is 0. The Balaban J connectivity index is 0.000000345. The van der Waals surface area contributed by atoms with Gasteiger partial charge in [0.15, 0.2) is 0 Å². The average molecular weight is 412 g/mol. The molecule has 0 spiro atoms. The third kappa shape index (κ3) is 6.29. The number of aliphatic carboxylic acids is 1. The Morgan fingerprint density at radius 2 is 1.93 bits per heavy atom. The summed E-state index contributed by atoms with van der Waals surface area (Å²) in [6, 6.07) is 0. The number of rotatable bonds is 4. The zero-order chi connectivity index (χ0) is 20.7. The highest BCUT2D eigenvalue weighted by Crippen LogP contribution is 2.34. The van der Waals surface area contributed by atoms with E-state index in [1.165, 1.54) is 0 Å². The number of ether oxygens (including phenoxy) is 2. The Morgan fingerprint density at radius 3 is 2.50 bits per heavy atom. The third-order valence-corrected chi connectivity index (χ3v) is 5.12. The number of hydrogen-bond acceptors (Lipinski definition) is 6. The summed E-state index contributed by atoms with van der Waals surface area (Å²) in [6.45, 7) is 5.74. The molecule has 162 valence electrons. The molecule has 0 unspecified atom stereocenters.